The summed E-state index contributed by atoms with van der Waals surface area (Å²) in [5.41, 5.74) is 17.4. The first-order valence-corrected chi connectivity index (χ1v) is 13.5. The molecule has 0 fully saturated rings. The van der Waals surface area contributed by atoms with E-state index in [0.29, 0.717) is 29.9 Å². The van der Waals surface area contributed by atoms with Gasteiger partial charge in [0.15, 0.2) is 0 Å². The van der Waals surface area contributed by atoms with E-state index in [1.807, 2.05) is 44.2 Å². The van der Waals surface area contributed by atoms with E-state index in [9.17, 15) is 19.5 Å². The van der Waals surface area contributed by atoms with Gasteiger partial charge < -0.3 is 31.2 Å². The molecule has 1 atom stereocenters. The summed E-state index contributed by atoms with van der Waals surface area (Å²) in [5, 5.41) is 9.65. The number of imidazole rings is 1. The number of ether oxygens (including phenoxy) is 1. The first-order chi connectivity index (χ1) is 20.1. The number of H-pyrrole nitrogens is 1. The number of nitrogens with two attached hydrogens (primary N) is 2. The van der Waals surface area contributed by atoms with Gasteiger partial charge in [-0.1, -0.05) is 36.4 Å². The monoisotopic (exact) mass is 569 g/mol. The SMILES string of the molecule is COc1ccc(CN(CCc2ncc(-c3ccccc3)[nH]2)C(=O)C(N)Cc2c(C)cc(C(N)=O)cc2C)cc1C(=O)O. The molecule has 0 saturated carbocycles. The highest BCUT2D eigenvalue weighted by atomic mass is 16.5. The van der Waals surface area contributed by atoms with E-state index in [0.717, 1.165) is 27.9 Å². The fraction of sp³-hybridized carbons (Fsp3) is 0.250. The molecular formula is C32H35N5O5. The molecule has 0 aliphatic heterocycles. The average molecular weight is 570 g/mol. The summed E-state index contributed by atoms with van der Waals surface area (Å²) in [4.78, 5) is 46.7. The van der Waals surface area contributed by atoms with Gasteiger partial charge in [-0.3, -0.25) is 9.59 Å². The zero-order chi connectivity index (χ0) is 30.4. The van der Waals surface area contributed by atoms with E-state index in [1.165, 1.54) is 13.2 Å². The lowest BCUT2D eigenvalue weighted by Crippen LogP contribution is -2.45. The van der Waals surface area contributed by atoms with E-state index >= 15 is 0 Å². The number of methoxy groups -OCH3 is 1. The van der Waals surface area contributed by atoms with Crippen LogP contribution in [0.15, 0.2) is 66.9 Å². The Bertz CT molecular complexity index is 1580. The molecule has 10 nitrogen and oxygen atoms in total. The van der Waals surface area contributed by atoms with Gasteiger partial charge in [0.05, 0.1) is 25.0 Å². The topological polar surface area (TPSA) is 165 Å². The maximum absolute atomic E-state index is 13.8. The zero-order valence-corrected chi connectivity index (χ0v) is 23.9. The quantitative estimate of drug-likeness (QED) is 0.202. The Morgan fingerprint density at radius 1 is 1.05 bits per heavy atom. The molecule has 0 saturated heterocycles. The Balaban J connectivity index is 1.58. The lowest BCUT2D eigenvalue weighted by atomic mass is 9.93. The number of hydrogen-bond donors (Lipinski definition) is 4. The molecular weight excluding hydrogens is 534 g/mol. The summed E-state index contributed by atoms with van der Waals surface area (Å²) in [6.45, 7) is 4.15. The Hall–Kier alpha value is -4.96. The van der Waals surface area contributed by atoms with Crippen LogP contribution in [-0.4, -0.2) is 57.5 Å². The maximum Gasteiger partial charge on any atom is 0.339 e. The largest absolute Gasteiger partial charge is 0.496 e. The number of rotatable bonds is 12. The maximum atomic E-state index is 13.8. The lowest BCUT2D eigenvalue weighted by molar-refractivity contribution is -0.133. The summed E-state index contributed by atoms with van der Waals surface area (Å²) < 4.78 is 5.19. The van der Waals surface area contributed by atoms with Crippen LogP contribution in [0.25, 0.3) is 11.3 Å². The molecule has 2 amide bonds. The van der Waals surface area contributed by atoms with E-state index in [2.05, 4.69) is 9.97 Å². The highest BCUT2D eigenvalue weighted by Gasteiger charge is 2.24. The molecule has 218 valence electrons. The van der Waals surface area contributed by atoms with Gasteiger partial charge in [-0.15, -0.1) is 0 Å². The molecule has 10 heteroatoms. The van der Waals surface area contributed by atoms with Gasteiger partial charge >= 0.3 is 5.97 Å². The molecule has 0 aliphatic carbocycles. The van der Waals surface area contributed by atoms with Gasteiger partial charge in [-0.2, -0.15) is 0 Å². The van der Waals surface area contributed by atoms with Crippen molar-refractivity contribution in [2.24, 2.45) is 11.5 Å². The zero-order valence-electron chi connectivity index (χ0n) is 23.9. The number of nitrogens with one attached hydrogen (secondary N) is 1. The number of aromatic nitrogens is 2. The van der Waals surface area contributed by atoms with Crippen LogP contribution >= 0.6 is 0 Å². The van der Waals surface area contributed by atoms with E-state index < -0.39 is 17.9 Å². The van der Waals surface area contributed by atoms with Crippen LogP contribution in [0.2, 0.25) is 0 Å². The van der Waals surface area contributed by atoms with Crippen LogP contribution in [0, 0.1) is 13.8 Å². The predicted molar refractivity (Wildman–Crippen MR) is 159 cm³/mol. The van der Waals surface area contributed by atoms with Crippen LogP contribution < -0.4 is 16.2 Å². The molecule has 0 bridgehead atoms. The van der Waals surface area contributed by atoms with Gasteiger partial charge in [-0.05, 0) is 72.4 Å². The molecule has 1 heterocycles. The van der Waals surface area contributed by atoms with Crippen LogP contribution in [0.5, 0.6) is 5.75 Å². The molecule has 6 N–H and O–H groups in total. The number of amides is 2. The van der Waals surface area contributed by atoms with Crippen LogP contribution in [0.4, 0.5) is 0 Å². The van der Waals surface area contributed by atoms with E-state index in [1.54, 1.807) is 35.4 Å². The standard InChI is InChI=1S/C32H35N5O5/c1-19-13-23(30(34)38)14-20(2)24(19)16-26(33)31(39)37(18-21-9-10-28(42-3)25(15-21)32(40)41)12-11-29-35-17-27(36-29)22-7-5-4-6-8-22/h4-10,13-15,17,26H,11-12,16,18,33H2,1-3H3,(H2,34,38)(H,35,36)(H,40,41). The molecule has 0 radical (unpaired) electrons. The van der Waals surface area contributed by atoms with Gasteiger partial charge in [0.25, 0.3) is 0 Å². The van der Waals surface area contributed by atoms with Crippen LogP contribution in [0.3, 0.4) is 0 Å². The summed E-state index contributed by atoms with van der Waals surface area (Å²) in [6, 6.07) is 17.1. The minimum atomic E-state index is -1.13. The lowest BCUT2D eigenvalue weighted by Gasteiger charge is -2.27. The van der Waals surface area contributed by atoms with Crippen molar-refractivity contribution in [2.45, 2.75) is 39.3 Å². The minimum Gasteiger partial charge on any atom is -0.496 e. The number of carboxylic acids is 1. The minimum absolute atomic E-state index is 0.00558. The fourth-order valence-corrected chi connectivity index (χ4v) is 5.00. The van der Waals surface area contributed by atoms with Crippen molar-refractivity contribution < 1.29 is 24.2 Å². The number of carbonyl (C=O) groups is 3. The summed E-state index contributed by atoms with van der Waals surface area (Å²) in [6.07, 6.45) is 2.44. The Kier molecular flexibility index (Phi) is 9.39. The van der Waals surface area contributed by atoms with Gasteiger partial charge in [-0.25, -0.2) is 9.78 Å². The van der Waals surface area contributed by atoms with Crippen molar-refractivity contribution >= 4 is 17.8 Å². The van der Waals surface area contributed by atoms with Crippen molar-refractivity contribution in [3.8, 4) is 17.0 Å². The number of benzene rings is 3. The molecule has 1 unspecified atom stereocenters. The molecule has 0 spiro atoms. The second-order valence-corrected chi connectivity index (χ2v) is 10.2. The number of carboxylic acid groups (broad SMARTS) is 1. The third kappa shape index (κ3) is 7.02. The number of carbonyl (C=O) groups excluding carboxylic acids is 2. The predicted octanol–water partition coefficient (Wildman–Crippen LogP) is 3.64. The number of aromatic carboxylic acids is 1. The molecule has 3 aromatic carbocycles. The Labute approximate surface area is 244 Å². The van der Waals surface area contributed by atoms with Crippen LogP contribution in [0.1, 0.15) is 48.8 Å². The van der Waals surface area contributed by atoms with Crippen molar-refractivity contribution in [3.05, 3.63) is 106 Å². The Morgan fingerprint density at radius 2 is 1.74 bits per heavy atom. The molecule has 0 aliphatic rings. The Morgan fingerprint density at radius 3 is 2.36 bits per heavy atom. The van der Waals surface area contributed by atoms with Gasteiger partial charge in [0, 0.05) is 25.1 Å². The van der Waals surface area contributed by atoms with Crippen LogP contribution in [-0.2, 0) is 24.2 Å². The average Bonchev–Trinajstić information content (AvgIpc) is 3.46. The first kappa shape index (κ1) is 30.0. The van der Waals surface area contributed by atoms with Crippen molar-refractivity contribution in [1.82, 2.24) is 14.9 Å². The smallest absolute Gasteiger partial charge is 0.339 e. The normalized spacial score (nSPS) is 11.6. The third-order valence-electron chi connectivity index (χ3n) is 7.23. The highest BCUT2D eigenvalue weighted by molar-refractivity contribution is 5.93. The first-order valence-electron chi connectivity index (χ1n) is 13.5. The molecule has 4 aromatic rings. The fourth-order valence-electron chi connectivity index (χ4n) is 5.00. The van der Waals surface area contributed by atoms with Crippen molar-refractivity contribution in [1.29, 1.82) is 0 Å². The summed E-state index contributed by atoms with van der Waals surface area (Å²) in [7, 11) is 1.41. The second-order valence-electron chi connectivity index (χ2n) is 10.2. The highest BCUT2D eigenvalue weighted by Crippen LogP contribution is 2.23. The van der Waals surface area contributed by atoms with Gasteiger partial charge in [0.1, 0.15) is 17.1 Å². The summed E-state index contributed by atoms with van der Waals surface area (Å²) >= 11 is 0. The second kappa shape index (κ2) is 13.1. The molecule has 42 heavy (non-hydrogen) atoms. The number of primary amides is 1. The van der Waals surface area contributed by atoms with Crippen molar-refractivity contribution in [2.75, 3.05) is 13.7 Å². The number of nitrogens with zero attached hydrogens (tertiary/aromatic N) is 2. The number of aromatic amines is 1. The molecule has 4 rings (SSSR count). The molecule has 1 aromatic heterocycles. The summed E-state index contributed by atoms with van der Waals surface area (Å²) in [5.74, 6) is -1.01. The number of aryl methyl sites for hydroxylation is 2. The van der Waals surface area contributed by atoms with Gasteiger partial charge in [0.2, 0.25) is 11.8 Å². The third-order valence-corrected chi connectivity index (χ3v) is 7.23. The van der Waals surface area contributed by atoms with E-state index in [-0.39, 0.29) is 30.2 Å². The number of hydrogen-bond acceptors (Lipinski definition) is 6. The van der Waals surface area contributed by atoms with E-state index in [4.69, 9.17) is 16.2 Å². The van der Waals surface area contributed by atoms with Crippen molar-refractivity contribution in [3.63, 3.8) is 0 Å².